The Morgan fingerprint density at radius 1 is 1.45 bits per heavy atom. The topological polar surface area (TPSA) is 67.2 Å². The molecular weight excluding hydrogens is 280 g/mol. The minimum atomic E-state index is -1.22. The number of benzene rings is 1. The molecule has 0 fully saturated rings. The second kappa shape index (κ2) is 5.54. The Bertz CT molecular complexity index is 665. The molecule has 0 saturated heterocycles. The fourth-order valence-electron chi connectivity index (χ4n) is 2.02. The van der Waals surface area contributed by atoms with Crippen molar-refractivity contribution < 1.29 is 14.6 Å². The SMILES string of the molecule is COc1ccc(C(=O)[O-])cc1Cn1nc(C)c(Cl)c1C. The summed E-state index contributed by atoms with van der Waals surface area (Å²) in [5.74, 6) is -0.626. The van der Waals surface area contributed by atoms with Gasteiger partial charge in [-0.15, -0.1) is 0 Å². The maximum Gasteiger partial charge on any atom is 0.123 e. The van der Waals surface area contributed by atoms with Crippen LogP contribution in [0.2, 0.25) is 5.02 Å². The highest BCUT2D eigenvalue weighted by Crippen LogP contribution is 2.24. The number of aryl methyl sites for hydroxylation is 1. The number of nitrogens with zero attached hydrogens (tertiary/aromatic N) is 2. The number of aromatic nitrogens is 2. The molecule has 0 radical (unpaired) electrons. The average Bonchev–Trinajstić information content (AvgIpc) is 2.66. The summed E-state index contributed by atoms with van der Waals surface area (Å²) in [4.78, 5) is 10.9. The van der Waals surface area contributed by atoms with Gasteiger partial charge in [0.05, 0.1) is 36.0 Å². The largest absolute Gasteiger partial charge is 0.545 e. The van der Waals surface area contributed by atoms with Crippen LogP contribution in [-0.2, 0) is 6.54 Å². The van der Waals surface area contributed by atoms with E-state index in [2.05, 4.69) is 5.10 Å². The van der Waals surface area contributed by atoms with Crippen molar-refractivity contribution in [1.82, 2.24) is 9.78 Å². The van der Waals surface area contributed by atoms with E-state index in [0.29, 0.717) is 22.9 Å². The maximum absolute atomic E-state index is 10.9. The normalized spacial score (nSPS) is 10.6. The van der Waals surface area contributed by atoms with Gasteiger partial charge in [0.15, 0.2) is 0 Å². The zero-order chi connectivity index (χ0) is 14.9. The lowest BCUT2D eigenvalue weighted by molar-refractivity contribution is -0.255. The molecule has 0 atom stereocenters. The van der Waals surface area contributed by atoms with Crippen molar-refractivity contribution in [1.29, 1.82) is 0 Å². The third kappa shape index (κ3) is 2.63. The monoisotopic (exact) mass is 293 g/mol. The van der Waals surface area contributed by atoms with Crippen molar-refractivity contribution in [2.24, 2.45) is 0 Å². The molecule has 1 aromatic carbocycles. The van der Waals surface area contributed by atoms with Crippen molar-refractivity contribution in [3.05, 3.63) is 45.7 Å². The van der Waals surface area contributed by atoms with Crippen LogP contribution in [-0.4, -0.2) is 22.9 Å². The molecule has 0 aliphatic carbocycles. The van der Waals surface area contributed by atoms with E-state index >= 15 is 0 Å². The van der Waals surface area contributed by atoms with Crippen LogP contribution >= 0.6 is 11.6 Å². The highest BCUT2D eigenvalue weighted by Gasteiger charge is 2.12. The minimum absolute atomic E-state index is 0.105. The summed E-state index contributed by atoms with van der Waals surface area (Å²) in [6.07, 6.45) is 0. The summed E-state index contributed by atoms with van der Waals surface area (Å²) in [7, 11) is 1.53. The average molecular weight is 294 g/mol. The minimum Gasteiger partial charge on any atom is -0.545 e. The number of methoxy groups -OCH3 is 1. The summed E-state index contributed by atoms with van der Waals surface area (Å²) in [5.41, 5.74) is 2.37. The molecule has 0 saturated carbocycles. The van der Waals surface area contributed by atoms with E-state index in [1.54, 1.807) is 10.7 Å². The molecular formula is C14H14ClN2O3-. The number of rotatable bonds is 4. The number of carbonyl (C=O) groups excluding carboxylic acids is 1. The van der Waals surface area contributed by atoms with Gasteiger partial charge in [0.1, 0.15) is 5.75 Å². The summed E-state index contributed by atoms with van der Waals surface area (Å²) in [5, 5.41) is 15.9. The molecule has 5 nitrogen and oxygen atoms in total. The van der Waals surface area contributed by atoms with Gasteiger partial charge in [-0.25, -0.2) is 0 Å². The van der Waals surface area contributed by atoms with Crippen molar-refractivity contribution in [2.75, 3.05) is 7.11 Å². The van der Waals surface area contributed by atoms with E-state index in [1.807, 2.05) is 13.8 Å². The van der Waals surface area contributed by atoms with Crippen molar-refractivity contribution in [3.63, 3.8) is 0 Å². The van der Waals surface area contributed by atoms with Crippen molar-refractivity contribution in [3.8, 4) is 5.75 Å². The van der Waals surface area contributed by atoms with Crippen LogP contribution in [0.1, 0.15) is 27.3 Å². The molecule has 0 aliphatic heterocycles. The Morgan fingerprint density at radius 2 is 2.15 bits per heavy atom. The lowest BCUT2D eigenvalue weighted by Gasteiger charge is -2.12. The predicted octanol–water partition coefficient (Wildman–Crippen LogP) is 1.57. The van der Waals surface area contributed by atoms with Gasteiger partial charge in [0.2, 0.25) is 0 Å². The summed E-state index contributed by atoms with van der Waals surface area (Å²) < 4.78 is 6.96. The first-order valence-electron chi connectivity index (χ1n) is 6.01. The summed E-state index contributed by atoms with van der Waals surface area (Å²) in [6.45, 7) is 4.06. The Hall–Kier alpha value is -2.01. The number of hydrogen-bond acceptors (Lipinski definition) is 4. The lowest BCUT2D eigenvalue weighted by Crippen LogP contribution is -2.22. The number of halogens is 1. The quantitative estimate of drug-likeness (QED) is 0.858. The third-order valence-corrected chi connectivity index (χ3v) is 3.68. The Kier molecular flexibility index (Phi) is 3.99. The van der Waals surface area contributed by atoms with Gasteiger partial charge in [-0.05, 0) is 37.6 Å². The molecule has 1 aromatic heterocycles. The van der Waals surface area contributed by atoms with E-state index < -0.39 is 5.97 Å². The molecule has 20 heavy (non-hydrogen) atoms. The second-order valence-electron chi connectivity index (χ2n) is 4.46. The predicted molar refractivity (Wildman–Crippen MR) is 73.1 cm³/mol. The van der Waals surface area contributed by atoms with E-state index in [4.69, 9.17) is 16.3 Å². The molecule has 6 heteroatoms. The highest BCUT2D eigenvalue weighted by atomic mass is 35.5. The fourth-order valence-corrected chi connectivity index (χ4v) is 2.15. The Labute approximate surface area is 121 Å². The summed E-state index contributed by atoms with van der Waals surface area (Å²) in [6, 6.07) is 4.58. The van der Waals surface area contributed by atoms with Crippen molar-refractivity contribution >= 4 is 17.6 Å². The number of carbonyl (C=O) groups is 1. The van der Waals surface area contributed by atoms with E-state index in [0.717, 1.165) is 11.4 Å². The van der Waals surface area contributed by atoms with Gasteiger partial charge in [-0.3, -0.25) is 4.68 Å². The van der Waals surface area contributed by atoms with Crippen LogP contribution in [0.25, 0.3) is 0 Å². The molecule has 106 valence electrons. The van der Waals surface area contributed by atoms with Crippen LogP contribution in [0, 0.1) is 13.8 Å². The molecule has 0 unspecified atom stereocenters. The first-order chi connectivity index (χ1) is 9.43. The van der Waals surface area contributed by atoms with Crippen LogP contribution in [0.4, 0.5) is 0 Å². The molecule has 0 spiro atoms. The van der Waals surface area contributed by atoms with Crippen LogP contribution < -0.4 is 9.84 Å². The molecule has 2 aromatic rings. The molecule has 0 aliphatic rings. The second-order valence-corrected chi connectivity index (χ2v) is 4.83. The Morgan fingerprint density at radius 3 is 2.65 bits per heavy atom. The fraction of sp³-hybridized carbons (Fsp3) is 0.286. The number of hydrogen-bond donors (Lipinski definition) is 0. The van der Waals surface area contributed by atoms with Crippen LogP contribution in [0.3, 0.4) is 0 Å². The lowest BCUT2D eigenvalue weighted by atomic mass is 10.1. The smallest absolute Gasteiger partial charge is 0.123 e. The zero-order valence-corrected chi connectivity index (χ0v) is 12.2. The van der Waals surface area contributed by atoms with Crippen molar-refractivity contribution in [2.45, 2.75) is 20.4 Å². The first kappa shape index (κ1) is 14.4. The number of carboxylic acid groups (broad SMARTS) is 1. The van der Waals surface area contributed by atoms with Gasteiger partial charge in [-0.2, -0.15) is 5.10 Å². The maximum atomic E-state index is 10.9. The standard InChI is InChI=1S/C14H15ClN2O3/c1-8-13(15)9(2)17(16-8)7-11-6-10(14(18)19)4-5-12(11)20-3/h4-6H,7H2,1-3H3,(H,18,19)/p-1. The third-order valence-electron chi connectivity index (χ3n) is 3.13. The van der Waals surface area contributed by atoms with Gasteiger partial charge >= 0.3 is 0 Å². The van der Waals surface area contributed by atoms with E-state index in [-0.39, 0.29) is 5.56 Å². The van der Waals surface area contributed by atoms with E-state index in [1.165, 1.54) is 19.2 Å². The molecule has 2 rings (SSSR count). The molecule has 0 amide bonds. The van der Waals surface area contributed by atoms with E-state index in [9.17, 15) is 9.90 Å². The number of ether oxygens (including phenoxy) is 1. The van der Waals surface area contributed by atoms with Crippen LogP contribution in [0.5, 0.6) is 5.75 Å². The van der Waals surface area contributed by atoms with Gasteiger partial charge < -0.3 is 14.6 Å². The summed E-state index contributed by atoms with van der Waals surface area (Å²) >= 11 is 6.10. The van der Waals surface area contributed by atoms with Crippen LogP contribution in [0.15, 0.2) is 18.2 Å². The molecule has 0 N–H and O–H groups in total. The van der Waals surface area contributed by atoms with Gasteiger partial charge in [0.25, 0.3) is 0 Å². The molecule has 1 heterocycles. The van der Waals surface area contributed by atoms with Gasteiger partial charge in [-0.1, -0.05) is 11.6 Å². The zero-order valence-electron chi connectivity index (χ0n) is 11.4. The van der Waals surface area contributed by atoms with Gasteiger partial charge in [0, 0.05) is 5.56 Å². The number of carboxylic acids is 1. The first-order valence-corrected chi connectivity index (χ1v) is 6.39. The number of aromatic carboxylic acids is 1. The highest BCUT2D eigenvalue weighted by molar-refractivity contribution is 6.31. The Balaban J connectivity index is 2.43. The molecule has 0 bridgehead atoms.